The summed E-state index contributed by atoms with van der Waals surface area (Å²) in [5.41, 5.74) is 4.14. The highest BCUT2D eigenvalue weighted by Gasteiger charge is 2.42. The molecule has 0 spiro atoms. The zero-order chi connectivity index (χ0) is 22.3. The van der Waals surface area contributed by atoms with Crippen LogP contribution in [0.15, 0.2) is 30.3 Å². The van der Waals surface area contributed by atoms with Crippen LogP contribution in [0.4, 0.5) is 5.69 Å². The Morgan fingerprint density at radius 2 is 1.91 bits per heavy atom. The van der Waals surface area contributed by atoms with Crippen molar-refractivity contribution < 1.29 is 28.2 Å². The molecule has 2 aromatic carbocycles. The van der Waals surface area contributed by atoms with Crippen LogP contribution >= 0.6 is 0 Å². The maximum Gasteiger partial charge on any atom is 0.231 e. The number of morpholine rings is 1. The van der Waals surface area contributed by atoms with Crippen LogP contribution in [0.25, 0.3) is 0 Å². The lowest BCUT2D eigenvalue weighted by Crippen LogP contribution is -2.48. The third kappa shape index (κ3) is 3.69. The van der Waals surface area contributed by atoms with Gasteiger partial charge < -0.3 is 28.3 Å². The molecule has 5 rings (SSSR count). The quantitative estimate of drug-likeness (QED) is 0.527. The molecule has 3 heterocycles. The summed E-state index contributed by atoms with van der Waals surface area (Å²) in [5, 5.41) is 0. The Kier molecular flexibility index (Phi) is 5.47. The molecule has 0 N–H and O–H groups in total. The van der Waals surface area contributed by atoms with E-state index < -0.39 is 0 Å². The zero-order valence-corrected chi connectivity index (χ0v) is 19.1. The number of carbonyl (C=O) groups excluding carboxylic acids is 1. The van der Waals surface area contributed by atoms with Crippen molar-refractivity contribution in [2.75, 3.05) is 65.7 Å². The predicted molar refractivity (Wildman–Crippen MR) is 121 cm³/mol. The van der Waals surface area contributed by atoms with E-state index in [2.05, 4.69) is 25.1 Å². The Morgan fingerprint density at radius 1 is 1.16 bits per heavy atom. The molecular formula is C25H31N2O5+. The summed E-state index contributed by atoms with van der Waals surface area (Å²) in [6.07, 6.45) is 1.32. The van der Waals surface area contributed by atoms with Gasteiger partial charge in [-0.3, -0.25) is 4.79 Å². The number of fused-ring (bicyclic) bond motifs is 2. The third-order valence-electron chi connectivity index (χ3n) is 7.03. The van der Waals surface area contributed by atoms with Gasteiger partial charge >= 0.3 is 0 Å². The molecule has 7 nitrogen and oxygen atoms in total. The molecule has 1 atom stereocenters. The normalized spacial score (nSPS) is 21.2. The lowest BCUT2D eigenvalue weighted by atomic mass is 9.86. The Bertz CT molecular complexity index is 1010. The fraction of sp³-hybridized carbons (Fsp3) is 0.480. The van der Waals surface area contributed by atoms with E-state index in [1.807, 2.05) is 24.3 Å². The standard InChI is InChI=1S/C25H31N2O5/c1-27(2)11-8-18-14-22-24(32-16-31-22)25(29-3)23(18)20(27)15-21(28)17-4-6-19(7-5-17)26-9-12-30-13-10-26/h4-7,14,20H,8-13,15-16H2,1-3H3/q+1. The second kappa shape index (κ2) is 8.30. The first-order valence-electron chi connectivity index (χ1n) is 11.3. The summed E-state index contributed by atoms with van der Waals surface area (Å²) < 4.78 is 23.3. The van der Waals surface area contributed by atoms with E-state index in [1.54, 1.807) is 7.11 Å². The number of benzene rings is 2. The molecule has 170 valence electrons. The van der Waals surface area contributed by atoms with Gasteiger partial charge in [-0.2, -0.15) is 0 Å². The molecule has 3 aliphatic heterocycles. The van der Waals surface area contributed by atoms with Crippen molar-refractivity contribution in [2.24, 2.45) is 0 Å². The first-order chi connectivity index (χ1) is 15.5. The van der Waals surface area contributed by atoms with Crippen molar-refractivity contribution in [1.29, 1.82) is 0 Å². The van der Waals surface area contributed by atoms with Crippen LogP contribution in [0.5, 0.6) is 17.2 Å². The van der Waals surface area contributed by atoms with E-state index >= 15 is 0 Å². The molecule has 0 saturated carbocycles. The van der Waals surface area contributed by atoms with Crippen LogP contribution in [-0.2, 0) is 11.2 Å². The molecule has 0 aromatic heterocycles. The lowest BCUT2D eigenvalue weighted by Gasteiger charge is -2.43. The summed E-state index contributed by atoms with van der Waals surface area (Å²) in [6, 6.07) is 10.0. The van der Waals surface area contributed by atoms with Crippen LogP contribution < -0.4 is 19.1 Å². The van der Waals surface area contributed by atoms with Gasteiger partial charge in [0.15, 0.2) is 17.3 Å². The molecular weight excluding hydrogens is 408 g/mol. The van der Waals surface area contributed by atoms with Crippen LogP contribution in [-0.4, -0.2) is 71.1 Å². The Labute approximate surface area is 189 Å². The predicted octanol–water partition coefficient (Wildman–Crippen LogP) is 3.21. The Hall–Kier alpha value is -2.77. The number of Topliss-reactive ketones (excluding diaryl/α,β-unsaturated/α-hetero) is 1. The molecule has 7 heteroatoms. The number of ketones is 1. The highest BCUT2D eigenvalue weighted by Crippen LogP contribution is 2.51. The van der Waals surface area contributed by atoms with Gasteiger partial charge in [0.25, 0.3) is 0 Å². The van der Waals surface area contributed by atoms with Crippen molar-refractivity contribution >= 4 is 11.5 Å². The van der Waals surface area contributed by atoms with Gasteiger partial charge in [0, 0.05) is 30.8 Å². The number of rotatable bonds is 5. The first kappa shape index (κ1) is 21.1. The maximum absolute atomic E-state index is 13.4. The van der Waals surface area contributed by atoms with Crippen molar-refractivity contribution in [3.63, 3.8) is 0 Å². The number of methoxy groups -OCH3 is 1. The van der Waals surface area contributed by atoms with E-state index in [0.717, 1.165) is 66.3 Å². The van der Waals surface area contributed by atoms with Crippen molar-refractivity contribution in [3.8, 4) is 17.2 Å². The molecule has 0 aliphatic carbocycles. The van der Waals surface area contributed by atoms with E-state index in [9.17, 15) is 4.79 Å². The fourth-order valence-electron chi connectivity index (χ4n) is 5.09. The summed E-state index contributed by atoms with van der Waals surface area (Å²) in [5.74, 6) is 2.24. The molecule has 0 amide bonds. The van der Waals surface area contributed by atoms with Gasteiger partial charge in [0.1, 0.15) is 6.04 Å². The highest BCUT2D eigenvalue weighted by atomic mass is 16.7. The van der Waals surface area contributed by atoms with Crippen LogP contribution in [0.2, 0.25) is 0 Å². The van der Waals surface area contributed by atoms with Crippen molar-refractivity contribution in [1.82, 2.24) is 0 Å². The molecule has 1 unspecified atom stereocenters. The number of hydrogen-bond donors (Lipinski definition) is 0. The molecule has 0 radical (unpaired) electrons. The van der Waals surface area contributed by atoms with Gasteiger partial charge in [-0.15, -0.1) is 0 Å². The van der Waals surface area contributed by atoms with Gasteiger partial charge in [0.05, 0.1) is 52.9 Å². The van der Waals surface area contributed by atoms with E-state index in [-0.39, 0.29) is 18.6 Å². The smallest absolute Gasteiger partial charge is 0.231 e. The molecule has 1 saturated heterocycles. The molecule has 3 aliphatic rings. The Morgan fingerprint density at radius 3 is 2.62 bits per heavy atom. The van der Waals surface area contributed by atoms with Gasteiger partial charge in [0.2, 0.25) is 12.5 Å². The molecule has 1 fully saturated rings. The highest BCUT2D eigenvalue weighted by molar-refractivity contribution is 5.97. The number of ether oxygens (including phenoxy) is 4. The number of quaternary nitrogens is 1. The number of anilines is 1. The van der Waals surface area contributed by atoms with Gasteiger partial charge in [-0.1, -0.05) is 0 Å². The van der Waals surface area contributed by atoms with Crippen LogP contribution in [0, 0.1) is 0 Å². The number of likely N-dealkylation sites (N-methyl/N-ethyl adjacent to an activating group) is 1. The topological polar surface area (TPSA) is 57.2 Å². The SMILES string of the molecule is COc1c2c(cc3c1C(CC(=O)c1ccc(N4CCOCC4)cc1)[N+](C)(C)CC3)OCO2. The van der Waals surface area contributed by atoms with E-state index in [1.165, 1.54) is 5.56 Å². The maximum atomic E-state index is 13.4. The summed E-state index contributed by atoms with van der Waals surface area (Å²) in [4.78, 5) is 15.7. The number of carbonyl (C=O) groups is 1. The Balaban J connectivity index is 1.43. The molecule has 2 aromatic rings. The second-order valence-electron chi connectivity index (χ2n) is 9.26. The fourth-order valence-corrected chi connectivity index (χ4v) is 5.09. The minimum atomic E-state index is -0.0189. The van der Waals surface area contributed by atoms with E-state index in [0.29, 0.717) is 17.9 Å². The average molecular weight is 440 g/mol. The summed E-state index contributed by atoms with van der Waals surface area (Å²) in [6.45, 7) is 4.40. The van der Waals surface area contributed by atoms with Gasteiger partial charge in [-0.25, -0.2) is 0 Å². The monoisotopic (exact) mass is 439 g/mol. The minimum absolute atomic E-state index is 0.0189. The summed E-state index contributed by atoms with van der Waals surface area (Å²) >= 11 is 0. The van der Waals surface area contributed by atoms with Gasteiger partial charge in [-0.05, 0) is 35.9 Å². The number of nitrogens with zero attached hydrogens (tertiary/aromatic N) is 2. The first-order valence-corrected chi connectivity index (χ1v) is 11.3. The van der Waals surface area contributed by atoms with Crippen molar-refractivity contribution in [3.05, 3.63) is 47.0 Å². The summed E-state index contributed by atoms with van der Waals surface area (Å²) in [7, 11) is 6.04. The van der Waals surface area contributed by atoms with Crippen LogP contribution in [0.3, 0.4) is 0 Å². The number of hydrogen-bond acceptors (Lipinski definition) is 6. The third-order valence-corrected chi connectivity index (χ3v) is 7.03. The second-order valence-corrected chi connectivity index (χ2v) is 9.26. The lowest BCUT2D eigenvalue weighted by molar-refractivity contribution is -0.922. The minimum Gasteiger partial charge on any atom is -0.492 e. The zero-order valence-electron chi connectivity index (χ0n) is 19.1. The molecule has 32 heavy (non-hydrogen) atoms. The van der Waals surface area contributed by atoms with E-state index in [4.69, 9.17) is 18.9 Å². The van der Waals surface area contributed by atoms with Crippen LogP contribution in [0.1, 0.15) is 33.9 Å². The van der Waals surface area contributed by atoms with Crippen molar-refractivity contribution in [2.45, 2.75) is 18.9 Å². The molecule has 0 bridgehead atoms. The largest absolute Gasteiger partial charge is 0.492 e. The average Bonchev–Trinajstić information content (AvgIpc) is 3.28.